The van der Waals surface area contributed by atoms with E-state index in [0.29, 0.717) is 24.5 Å². The lowest BCUT2D eigenvalue weighted by Gasteiger charge is -2.19. The van der Waals surface area contributed by atoms with E-state index in [-0.39, 0.29) is 19.0 Å². The van der Waals surface area contributed by atoms with Crippen molar-refractivity contribution in [2.75, 3.05) is 38.6 Å². The van der Waals surface area contributed by atoms with Crippen LogP contribution >= 0.6 is 0 Å². The topological polar surface area (TPSA) is 99.8 Å². The third kappa shape index (κ3) is 8.48. The van der Waals surface area contributed by atoms with E-state index in [9.17, 15) is 14.4 Å². The van der Waals surface area contributed by atoms with Crippen molar-refractivity contribution in [1.29, 1.82) is 0 Å². The summed E-state index contributed by atoms with van der Waals surface area (Å²) in [5.41, 5.74) is 0.645. The van der Waals surface area contributed by atoms with E-state index in [0.717, 1.165) is 12.8 Å². The van der Waals surface area contributed by atoms with Gasteiger partial charge in [-0.05, 0) is 37.2 Å². The van der Waals surface area contributed by atoms with Gasteiger partial charge in [-0.15, -0.1) is 0 Å². The molecular formula is C18H28N4O4. The molecule has 0 saturated carbocycles. The van der Waals surface area contributed by atoms with Crippen LogP contribution in [0.4, 0.5) is 10.5 Å². The maximum atomic E-state index is 12.1. The first kappa shape index (κ1) is 21.4. The lowest BCUT2D eigenvalue weighted by Crippen LogP contribution is -2.46. The molecule has 0 heterocycles. The van der Waals surface area contributed by atoms with Crippen molar-refractivity contribution in [2.24, 2.45) is 0 Å². The predicted molar refractivity (Wildman–Crippen MR) is 100 cm³/mol. The van der Waals surface area contributed by atoms with Crippen molar-refractivity contribution >= 4 is 23.5 Å². The highest BCUT2D eigenvalue weighted by atomic mass is 16.5. The van der Waals surface area contributed by atoms with Gasteiger partial charge in [-0.25, -0.2) is 4.79 Å². The minimum absolute atomic E-state index is 0.0340. The van der Waals surface area contributed by atoms with Crippen LogP contribution in [0.5, 0.6) is 5.75 Å². The van der Waals surface area contributed by atoms with Gasteiger partial charge in [0.05, 0.1) is 20.2 Å². The number of imide groups is 1. The van der Waals surface area contributed by atoms with Crippen molar-refractivity contribution < 1.29 is 19.1 Å². The molecular weight excluding hydrogens is 336 g/mol. The summed E-state index contributed by atoms with van der Waals surface area (Å²) < 4.78 is 5.06. The molecule has 0 radical (unpaired) electrons. The monoisotopic (exact) mass is 364 g/mol. The van der Waals surface area contributed by atoms with Gasteiger partial charge >= 0.3 is 6.03 Å². The summed E-state index contributed by atoms with van der Waals surface area (Å²) in [6.45, 7) is 4.90. The molecule has 1 aromatic rings. The highest BCUT2D eigenvalue weighted by Crippen LogP contribution is 2.14. The molecule has 0 aliphatic heterocycles. The molecule has 0 saturated heterocycles. The minimum Gasteiger partial charge on any atom is -0.497 e. The first-order chi connectivity index (χ1) is 12.5. The number of hydrogen-bond donors (Lipinski definition) is 3. The molecule has 8 nitrogen and oxygen atoms in total. The van der Waals surface area contributed by atoms with E-state index < -0.39 is 11.9 Å². The average molecular weight is 364 g/mol. The van der Waals surface area contributed by atoms with Gasteiger partial charge in [-0.3, -0.25) is 19.8 Å². The van der Waals surface area contributed by atoms with E-state index in [4.69, 9.17) is 4.74 Å². The van der Waals surface area contributed by atoms with Gasteiger partial charge in [-0.1, -0.05) is 20.3 Å². The lowest BCUT2D eigenvalue weighted by atomic mass is 10.3. The molecule has 8 heteroatoms. The smallest absolute Gasteiger partial charge is 0.321 e. The van der Waals surface area contributed by atoms with Crippen LogP contribution in [-0.4, -0.2) is 56.0 Å². The fourth-order valence-corrected chi connectivity index (χ4v) is 2.15. The van der Waals surface area contributed by atoms with Gasteiger partial charge in [0.15, 0.2) is 0 Å². The second-order valence-electron chi connectivity index (χ2n) is 5.74. The minimum atomic E-state index is -0.512. The van der Waals surface area contributed by atoms with Crippen LogP contribution in [0.3, 0.4) is 0 Å². The zero-order chi connectivity index (χ0) is 19.4. The largest absolute Gasteiger partial charge is 0.497 e. The number of carbonyl (C=O) groups is 3. The quantitative estimate of drug-likeness (QED) is 0.548. The van der Waals surface area contributed by atoms with Crippen molar-refractivity contribution in [1.82, 2.24) is 15.5 Å². The van der Waals surface area contributed by atoms with Crippen LogP contribution in [-0.2, 0) is 9.59 Å². The number of unbranched alkanes of at least 4 members (excludes halogenated alkanes) is 1. The number of ether oxygens (including phenoxy) is 1. The number of carbonyl (C=O) groups excluding carboxylic acids is 3. The Kier molecular flexibility index (Phi) is 9.78. The van der Waals surface area contributed by atoms with E-state index >= 15 is 0 Å². The fourth-order valence-electron chi connectivity index (χ4n) is 2.15. The van der Waals surface area contributed by atoms with Crippen molar-refractivity contribution in [2.45, 2.75) is 26.7 Å². The molecule has 0 fully saturated rings. The molecule has 1 rings (SSSR count). The molecule has 144 valence electrons. The number of urea groups is 1. The van der Waals surface area contributed by atoms with Crippen LogP contribution in [0.1, 0.15) is 26.7 Å². The Bertz CT molecular complexity index is 589. The summed E-state index contributed by atoms with van der Waals surface area (Å²) in [5.74, 6) is 0.0161. The second-order valence-corrected chi connectivity index (χ2v) is 5.74. The third-order valence-corrected chi connectivity index (χ3v) is 3.62. The van der Waals surface area contributed by atoms with E-state index in [1.54, 1.807) is 36.3 Å². The van der Waals surface area contributed by atoms with Crippen LogP contribution < -0.4 is 20.7 Å². The normalized spacial score (nSPS) is 10.3. The number of amides is 4. The Morgan fingerprint density at radius 3 is 2.27 bits per heavy atom. The van der Waals surface area contributed by atoms with Gasteiger partial charge in [0, 0.05) is 12.2 Å². The predicted octanol–water partition coefficient (Wildman–Crippen LogP) is 1.58. The summed E-state index contributed by atoms with van der Waals surface area (Å²) >= 11 is 0. The van der Waals surface area contributed by atoms with Gasteiger partial charge in [0.2, 0.25) is 11.8 Å². The molecule has 4 amide bonds. The highest BCUT2D eigenvalue weighted by molar-refractivity contribution is 5.96. The number of nitrogens with zero attached hydrogens (tertiary/aromatic N) is 1. The SMILES string of the molecule is CCCCNC(=O)NC(=O)CN(CC)CC(=O)Nc1ccc(OC)cc1. The Hall–Kier alpha value is -2.61. The van der Waals surface area contributed by atoms with E-state index in [1.807, 2.05) is 13.8 Å². The highest BCUT2D eigenvalue weighted by Gasteiger charge is 2.15. The number of likely N-dealkylation sites (N-methyl/N-ethyl adjacent to an activating group) is 1. The number of nitrogens with one attached hydrogen (secondary N) is 3. The summed E-state index contributed by atoms with van der Waals surface area (Å²) in [7, 11) is 1.57. The Morgan fingerprint density at radius 1 is 1.04 bits per heavy atom. The number of methoxy groups -OCH3 is 1. The number of anilines is 1. The van der Waals surface area contributed by atoms with E-state index in [2.05, 4.69) is 16.0 Å². The molecule has 0 aliphatic rings. The van der Waals surface area contributed by atoms with Gasteiger partial charge < -0.3 is 15.4 Å². The van der Waals surface area contributed by atoms with Gasteiger partial charge in [0.25, 0.3) is 0 Å². The summed E-state index contributed by atoms with van der Waals surface area (Å²) in [6.07, 6.45) is 1.81. The number of benzene rings is 1. The van der Waals surface area contributed by atoms with Gasteiger partial charge in [-0.2, -0.15) is 0 Å². The lowest BCUT2D eigenvalue weighted by molar-refractivity contribution is -0.122. The maximum Gasteiger partial charge on any atom is 0.321 e. The van der Waals surface area contributed by atoms with Crippen LogP contribution in [0.2, 0.25) is 0 Å². The third-order valence-electron chi connectivity index (χ3n) is 3.62. The second kappa shape index (κ2) is 11.9. The molecule has 3 N–H and O–H groups in total. The Balaban J connectivity index is 2.41. The first-order valence-electron chi connectivity index (χ1n) is 8.72. The van der Waals surface area contributed by atoms with Crippen molar-refractivity contribution in [3.63, 3.8) is 0 Å². The molecule has 1 aromatic carbocycles. The Morgan fingerprint density at radius 2 is 1.69 bits per heavy atom. The number of hydrogen-bond acceptors (Lipinski definition) is 5. The van der Waals surface area contributed by atoms with Crippen molar-refractivity contribution in [3.8, 4) is 5.75 Å². The summed E-state index contributed by atoms with van der Waals surface area (Å²) in [5, 5.41) is 7.63. The molecule has 0 spiro atoms. The van der Waals surface area contributed by atoms with Crippen LogP contribution in [0, 0.1) is 0 Å². The molecule has 0 atom stereocenters. The molecule has 0 unspecified atom stereocenters. The van der Waals surface area contributed by atoms with E-state index in [1.165, 1.54) is 0 Å². The zero-order valence-electron chi connectivity index (χ0n) is 15.6. The van der Waals surface area contributed by atoms with Crippen LogP contribution in [0.25, 0.3) is 0 Å². The summed E-state index contributed by atoms with van der Waals surface area (Å²) in [6, 6.07) is 6.46. The molecule has 0 bridgehead atoms. The fraction of sp³-hybridized carbons (Fsp3) is 0.500. The molecule has 0 aromatic heterocycles. The molecule has 26 heavy (non-hydrogen) atoms. The number of rotatable bonds is 10. The summed E-state index contributed by atoms with van der Waals surface area (Å²) in [4.78, 5) is 37.2. The average Bonchev–Trinajstić information content (AvgIpc) is 2.61. The maximum absolute atomic E-state index is 12.1. The van der Waals surface area contributed by atoms with Gasteiger partial charge in [0.1, 0.15) is 5.75 Å². The molecule has 0 aliphatic carbocycles. The van der Waals surface area contributed by atoms with Crippen molar-refractivity contribution in [3.05, 3.63) is 24.3 Å². The van der Waals surface area contributed by atoms with Crippen LogP contribution in [0.15, 0.2) is 24.3 Å². The standard InChI is InChI=1S/C18H28N4O4/c1-4-6-11-19-18(25)21-17(24)13-22(5-2)12-16(23)20-14-7-9-15(26-3)10-8-14/h7-10H,4-6,11-13H2,1-3H3,(H,20,23)(H2,19,21,24,25). The zero-order valence-corrected chi connectivity index (χ0v) is 15.6. The first-order valence-corrected chi connectivity index (χ1v) is 8.72. The Labute approximate surface area is 154 Å².